The highest BCUT2D eigenvalue weighted by Crippen LogP contribution is 2.31. The Morgan fingerprint density at radius 1 is 1.18 bits per heavy atom. The van der Waals surface area contributed by atoms with E-state index in [1.54, 1.807) is 26.0 Å². The molecule has 0 spiro atoms. The number of anilines is 1. The van der Waals surface area contributed by atoms with Crippen molar-refractivity contribution in [1.29, 1.82) is 0 Å². The average Bonchev–Trinajstić information content (AvgIpc) is 2.63. The molecule has 5 nitrogen and oxygen atoms in total. The molecule has 0 bridgehead atoms. The number of ether oxygens (including phenoxy) is 3. The van der Waals surface area contributed by atoms with Crippen LogP contribution in [0.4, 0.5) is 5.69 Å². The molecule has 0 fully saturated rings. The largest absolute Gasteiger partial charge is 1.00 e. The Balaban J connectivity index is 0.00000280. The lowest BCUT2D eigenvalue weighted by Crippen LogP contribution is -3.00. The molecule has 0 radical (unpaired) electrons. The van der Waals surface area contributed by atoms with E-state index in [-0.39, 0.29) is 29.9 Å². The zero-order valence-corrected chi connectivity index (χ0v) is 18.9. The molecule has 0 amide bonds. The van der Waals surface area contributed by atoms with Crippen LogP contribution >= 0.6 is 11.6 Å². The van der Waals surface area contributed by atoms with E-state index in [9.17, 15) is 4.79 Å². The topological polar surface area (TPSA) is 48.0 Å². The molecule has 1 aliphatic heterocycles. The van der Waals surface area contributed by atoms with Crippen molar-refractivity contribution in [2.45, 2.75) is 20.0 Å². The fraction of sp³-hybridized carbons (Fsp3) is 0.286. The minimum absolute atomic E-state index is 0. The van der Waals surface area contributed by atoms with Crippen molar-refractivity contribution in [3.05, 3.63) is 58.8 Å². The maximum Gasteiger partial charge on any atom is 0.347 e. The zero-order chi connectivity index (χ0) is 19.4. The van der Waals surface area contributed by atoms with Crippen LogP contribution in [0.25, 0.3) is 6.08 Å². The normalized spacial score (nSPS) is 13.6. The lowest BCUT2D eigenvalue weighted by molar-refractivity contribution is -0.150. The Morgan fingerprint density at radius 2 is 1.86 bits per heavy atom. The third kappa shape index (κ3) is 5.54. The lowest BCUT2D eigenvalue weighted by Gasteiger charge is -2.27. The maximum atomic E-state index is 11.6. The van der Waals surface area contributed by atoms with Crippen LogP contribution < -0.4 is 38.4 Å². The summed E-state index contributed by atoms with van der Waals surface area (Å²) in [5.74, 6) is 1.71. The molecule has 0 saturated heterocycles. The standard InChI is InChI=1S/C21H22ClNO4.HI/c1-4-25-21(24)14(2)26-17-6-8-18(9-7-17)27-19-12-15-11-16(22)5-10-20(15)23(3)13-19;/h5-12,14H,4,13H2,1-3H3;1H/p-1. The van der Waals surface area contributed by atoms with Crippen molar-refractivity contribution in [2.24, 2.45) is 0 Å². The van der Waals surface area contributed by atoms with Crippen LogP contribution in [0.2, 0.25) is 5.02 Å². The van der Waals surface area contributed by atoms with E-state index in [2.05, 4.69) is 4.90 Å². The van der Waals surface area contributed by atoms with Gasteiger partial charge in [0.05, 0.1) is 13.2 Å². The van der Waals surface area contributed by atoms with Gasteiger partial charge in [0.15, 0.2) is 6.10 Å². The van der Waals surface area contributed by atoms with Gasteiger partial charge in [-0.3, -0.25) is 0 Å². The minimum atomic E-state index is -0.660. The highest BCUT2D eigenvalue weighted by Gasteiger charge is 2.18. The van der Waals surface area contributed by atoms with Gasteiger partial charge in [-0.15, -0.1) is 0 Å². The molecule has 0 saturated carbocycles. The number of benzene rings is 2. The number of nitrogens with zero attached hydrogens (tertiary/aromatic N) is 1. The molecule has 3 rings (SSSR count). The van der Waals surface area contributed by atoms with E-state index in [1.807, 2.05) is 43.5 Å². The Bertz CT molecular complexity index is 854. The van der Waals surface area contributed by atoms with Crippen molar-refractivity contribution in [3.8, 4) is 11.5 Å². The van der Waals surface area contributed by atoms with Crippen LogP contribution in [0, 0.1) is 0 Å². The third-order valence-corrected chi connectivity index (χ3v) is 4.35. The molecule has 1 aliphatic rings. The minimum Gasteiger partial charge on any atom is -1.00 e. The van der Waals surface area contributed by atoms with Crippen molar-refractivity contribution in [1.82, 2.24) is 0 Å². The third-order valence-electron chi connectivity index (χ3n) is 4.11. The number of rotatable bonds is 6. The average molecular weight is 515 g/mol. The zero-order valence-electron chi connectivity index (χ0n) is 15.9. The highest BCUT2D eigenvalue weighted by molar-refractivity contribution is 6.30. The fourth-order valence-corrected chi connectivity index (χ4v) is 3.02. The molecule has 1 unspecified atom stereocenters. The summed E-state index contributed by atoms with van der Waals surface area (Å²) < 4.78 is 16.5. The van der Waals surface area contributed by atoms with Gasteiger partial charge in [0.25, 0.3) is 0 Å². The van der Waals surface area contributed by atoms with E-state index in [1.165, 1.54) is 0 Å². The molecule has 1 heterocycles. The second kappa shape index (κ2) is 10.0. The smallest absolute Gasteiger partial charge is 0.347 e. The van der Waals surface area contributed by atoms with Crippen LogP contribution in [0.3, 0.4) is 0 Å². The maximum absolute atomic E-state index is 11.6. The number of hydrogen-bond acceptors (Lipinski definition) is 5. The number of esters is 1. The van der Waals surface area contributed by atoms with Gasteiger partial charge in [-0.25, -0.2) is 4.79 Å². The van der Waals surface area contributed by atoms with Gasteiger partial charge in [0.1, 0.15) is 17.3 Å². The Kier molecular flexibility index (Phi) is 8.00. The fourth-order valence-electron chi connectivity index (χ4n) is 2.84. The predicted molar refractivity (Wildman–Crippen MR) is 106 cm³/mol. The van der Waals surface area contributed by atoms with Crippen molar-refractivity contribution in [2.75, 3.05) is 25.1 Å². The molecule has 1 atom stereocenters. The van der Waals surface area contributed by atoms with Gasteiger partial charge in [-0.1, -0.05) is 11.6 Å². The summed E-state index contributed by atoms with van der Waals surface area (Å²) in [5.41, 5.74) is 2.14. The van der Waals surface area contributed by atoms with Gasteiger partial charge in [-0.2, -0.15) is 0 Å². The molecule has 28 heavy (non-hydrogen) atoms. The Hall–Kier alpha value is -1.93. The van der Waals surface area contributed by atoms with E-state index in [4.69, 9.17) is 25.8 Å². The summed E-state index contributed by atoms with van der Waals surface area (Å²) in [7, 11) is 2.01. The lowest BCUT2D eigenvalue weighted by atomic mass is 10.1. The molecule has 150 valence electrons. The first-order chi connectivity index (χ1) is 13.0. The highest BCUT2D eigenvalue weighted by atomic mass is 127. The second-order valence-corrected chi connectivity index (χ2v) is 6.69. The van der Waals surface area contributed by atoms with Crippen molar-refractivity contribution < 1.29 is 43.0 Å². The molecular weight excluding hydrogens is 493 g/mol. The van der Waals surface area contributed by atoms with E-state index >= 15 is 0 Å². The molecule has 2 aromatic carbocycles. The Labute approximate surface area is 187 Å². The van der Waals surface area contributed by atoms with Crippen LogP contribution in [-0.2, 0) is 9.53 Å². The second-order valence-electron chi connectivity index (χ2n) is 6.26. The van der Waals surface area contributed by atoms with Crippen LogP contribution in [0.15, 0.2) is 48.2 Å². The van der Waals surface area contributed by atoms with Gasteiger partial charge in [0, 0.05) is 23.3 Å². The number of likely N-dealkylation sites (N-methyl/N-ethyl adjacent to an activating group) is 1. The van der Waals surface area contributed by atoms with Crippen LogP contribution in [-0.4, -0.2) is 32.3 Å². The van der Waals surface area contributed by atoms with Gasteiger partial charge in [0.2, 0.25) is 0 Å². The first kappa shape index (κ1) is 22.4. The number of carbonyl (C=O) groups is 1. The number of fused-ring (bicyclic) bond motifs is 1. The summed E-state index contributed by atoms with van der Waals surface area (Å²) >= 11 is 6.10. The first-order valence-corrected chi connectivity index (χ1v) is 9.16. The summed E-state index contributed by atoms with van der Waals surface area (Å²) in [6, 6.07) is 13.0. The molecule has 7 heteroatoms. The summed E-state index contributed by atoms with van der Waals surface area (Å²) in [6.45, 7) is 4.41. The van der Waals surface area contributed by atoms with Crippen LogP contribution in [0.1, 0.15) is 19.4 Å². The van der Waals surface area contributed by atoms with E-state index in [0.29, 0.717) is 29.7 Å². The van der Waals surface area contributed by atoms with E-state index in [0.717, 1.165) is 17.0 Å². The molecule has 0 aliphatic carbocycles. The Morgan fingerprint density at radius 3 is 2.54 bits per heavy atom. The molecule has 0 aromatic heterocycles. The number of halogens is 2. The molecule has 0 N–H and O–H groups in total. The molecule has 2 aromatic rings. The number of carbonyl (C=O) groups excluding carboxylic acids is 1. The predicted octanol–water partition coefficient (Wildman–Crippen LogP) is 1.54. The molecular formula is C21H22ClINO4-. The van der Waals surface area contributed by atoms with Gasteiger partial charge in [-0.05, 0) is 62.4 Å². The van der Waals surface area contributed by atoms with Gasteiger partial charge < -0.3 is 43.1 Å². The van der Waals surface area contributed by atoms with Crippen LogP contribution in [0.5, 0.6) is 11.5 Å². The van der Waals surface area contributed by atoms with E-state index < -0.39 is 6.10 Å². The quantitative estimate of drug-likeness (QED) is 0.433. The summed E-state index contributed by atoms with van der Waals surface area (Å²) in [6.07, 6.45) is 1.33. The monoisotopic (exact) mass is 514 g/mol. The van der Waals surface area contributed by atoms with Crippen molar-refractivity contribution >= 4 is 29.3 Å². The van der Waals surface area contributed by atoms with Gasteiger partial charge >= 0.3 is 5.97 Å². The first-order valence-electron chi connectivity index (χ1n) is 8.78. The summed E-state index contributed by atoms with van der Waals surface area (Å²) in [5, 5.41) is 0.692. The summed E-state index contributed by atoms with van der Waals surface area (Å²) in [4.78, 5) is 13.7. The van der Waals surface area contributed by atoms with Crippen molar-refractivity contribution in [3.63, 3.8) is 0 Å². The number of hydrogen-bond donors (Lipinski definition) is 0. The SMILES string of the molecule is CCOC(=O)C(C)Oc1ccc(OC2=Cc3cc(Cl)ccc3N(C)C2)cc1.[I-].